The Morgan fingerprint density at radius 1 is 0.978 bits per heavy atom. The van der Waals surface area contributed by atoms with Gasteiger partial charge in [0.15, 0.2) is 5.78 Å². The lowest BCUT2D eigenvalue weighted by molar-refractivity contribution is -0.141. The predicted molar refractivity (Wildman–Crippen MR) is 180 cm³/mol. The van der Waals surface area contributed by atoms with Gasteiger partial charge in [-0.05, 0) is 92.2 Å². The van der Waals surface area contributed by atoms with Gasteiger partial charge in [0.1, 0.15) is 11.7 Å². The van der Waals surface area contributed by atoms with Gasteiger partial charge in [-0.15, -0.1) is 0 Å². The van der Waals surface area contributed by atoms with Crippen molar-refractivity contribution in [1.82, 2.24) is 19.9 Å². The molecule has 6 rings (SSSR count). The number of H-pyrrole nitrogens is 2. The summed E-state index contributed by atoms with van der Waals surface area (Å²) in [5.41, 5.74) is 13.7. The van der Waals surface area contributed by atoms with Crippen LogP contribution in [0.15, 0.2) is 18.7 Å². The highest BCUT2D eigenvalue weighted by Gasteiger charge is 2.43. The summed E-state index contributed by atoms with van der Waals surface area (Å²) >= 11 is 0. The summed E-state index contributed by atoms with van der Waals surface area (Å²) < 4.78 is 5.17. The zero-order valence-electron chi connectivity index (χ0n) is 26.9. The minimum absolute atomic E-state index is 0.132. The molecule has 1 aliphatic carbocycles. The molecule has 0 saturated heterocycles. The third-order valence-electron chi connectivity index (χ3n) is 9.56. The van der Waals surface area contributed by atoms with E-state index >= 15 is 0 Å². The number of ketones is 2. The second kappa shape index (κ2) is 11.3. The number of carbonyl (C=O) groups excluding carboxylic acids is 3. The fourth-order valence-corrected chi connectivity index (χ4v) is 6.93. The number of aryl methyl sites for hydroxylation is 3. The number of allylic oxidation sites excluding steroid dienone is 3. The third kappa shape index (κ3) is 4.62. The van der Waals surface area contributed by atoms with Crippen molar-refractivity contribution in [1.29, 1.82) is 0 Å². The first-order chi connectivity index (χ1) is 21.5. The fourth-order valence-electron chi connectivity index (χ4n) is 6.93. The number of fused-ring (bicyclic) bond motifs is 8. The third-order valence-corrected chi connectivity index (χ3v) is 9.56. The molecule has 3 aromatic rings. The highest BCUT2D eigenvalue weighted by atomic mass is 16.5. The van der Waals surface area contributed by atoms with Crippen molar-refractivity contribution in [3.8, 4) is 0 Å². The Morgan fingerprint density at radius 3 is 2.36 bits per heavy atom. The highest BCUT2D eigenvalue weighted by Crippen LogP contribution is 2.44. The number of hydrogen-bond donors (Lipinski definition) is 2. The Balaban J connectivity index is 1.83. The van der Waals surface area contributed by atoms with Crippen LogP contribution >= 0.6 is 0 Å². The molecule has 230 valence electrons. The number of ether oxygens (including phenoxy) is 1. The molecule has 2 aliphatic heterocycles. The van der Waals surface area contributed by atoms with E-state index in [0.29, 0.717) is 47.3 Å². The second-order valence-electron chi connectivity index (χ2n) is 12.0. The zero-order chi connectivity index (χ0) is 32.3. The second-order valence-corrected chi connectivity index (χ2v) is 12.0. The first kappa shape index (κ1) is 30.2. The number of nitrogens with one attached hydrogen (secondary N) is 2. The summed E-state index contributed by atoms with van der Waals surface area (Å²) in [4.78, 5) is 57.0. The minimum Gasteiger partial charge on any atom is -0.468 e. The summed E-state index contributed by atoms with van der Waals surface area (Å²) in [7, 11) is 1.29. The lowest BCUT2D eigenvalue weighted by Gasteiger charge is -2.11. The Hall–Kier alpha value is -4.85. The molecule has 2 N–H and O–H groups in total. The van der Waals surface area contributed by atoms with Crippen LogP contribution in [0.1, 0.15) is 113 Å². The molecule has 45 heavy (non-hydrogen) atoms. The monoisotopic (exact) mass is 602 g/mol. The Morgan fingerprint density at radius 2 is 1.69 bits per heavy atom. The maximum Gasteiger partial charge on any atom is 0.321 e. The number of Topliss-reactive ketones (excluding diaryl/α,β-unsaturated/α-hetero) is 2. The molecule has 0 radical (unpaired) electrons. The number of nitrogens with zero attached hydrogens (tertiary/aromatic N) is 2. The quantitative estimate of drug-likeness (QED) is 0.209. The van der Waals surface area contributed by atoms with E-state index in [2.05, 4.69) is 43.4 Å². The lowest BCUT2D eigenvalue weighted by Crippen LogP contribution is -2.20. The van der Waals surface area contributed by atoms with Gasteiger partial charge in [0.2, 0.25) is 0 Å². The molecule has 3 aliphatic rings. The molecular weight excluding hydrogens is 564 g/mol. The number of methoxy groups -OCH3 is 1. The maximum atomic E-state index is 14.0. The van der Waals surface area contributed by atoms with E-state index in [9.17, 15) is 14.4 Å². The normalized spacial score (nSPS) is 15.5. The molecule has 8 bridgehead atoms. The lowest BCUT2D eigenvalue weighted by atomic mass is 9.93. The van der Waals surface area contributed by atoms with Crippen molar-refractivity contribution >= 4 is 68.5 Å². The van der Waals surface area contributed by atoms with Gasteiger partial charge >= 0.3 is 5.97 Å². The van der Waals surface area contributed by atoms with E-state index in [1.807, 2.05) is 39.0 Å². The summed E-state index contributed by atoms with van der Waals surface area (Å²) in [6, 6.07) is 4.06. The molecule has 8 heteroatoms. The molecule has 0 spiro atoms. The first-order valence-corrected chi connectivity index (χ1v) is 15.5. The summed E-state index contributed by atoms with van der Waals surface area (Å²) in [5, 5.41) is 0. The SMILES string of the molecule is C=Cc1c(C)c2[nH]c1cc1nc(cc3[nH]c4c(c3C)C(=O)[C@H](C(=O)OC)c4c3nc(c2C)C=C3CCC(=O)CC)C(CC)=C1C. The molecule has 0 amide bonds. The number of aromatic amines is 2. The van der Waals surface area contributed by atoms with Gasteiger partial charge in [-0.1, -0.05) is 26.5 Å². The molecule has 5 heterocycles. The van der Waals surface area contributed by atoms with Crippen LogP contribution in [0.3, 0.4) is 0 Å². The molecule has 0 fully saturated rings. The molecule has 0 aromatic carbocycles. The van der Waals surface area contributed by atoms with Gasteiger partial charge in [0.25, 0.3) is 0 Å². The Kier molecular flexibility index (Phi) is 7.55. The first-order valence-electron chi connectivity index (χ1n) is 15.5. The van der Waals surface area contributed by atoms with E-state index in [1.165, 1.54) is 7.11 Å². The van der Waals surface area contributed by atoms with Gasteiger partial charge in [0, 0.05) is 46.1 Å². The number of rotatable bonds is 7. The number of carbonyl (C=O) groups is 3. The topological polar surface area (TPSA) is 118 Å². The number of aromatic nitrogens is 4. The van der Waals surface area contributed by atoms with Crippen LogP contribution in [0.2, 0.25) is 0 Å². The van der Waals surface area contributed by atoms with Crippen LogP contribution in [0.4, 0.5) is 0 Å². The van der Waals surface area contributed by atoms with Crippen LogP contribution in [-0.2, 0) is 14.3 Å². The van der Waals surface area contributed by atoms with E-state index in [-0.39, 0.29) is 11.6 Å². The molecular formula is C37H38N4O4. The predicted octanol–water partition coefficient (Wildman–Crippen LogP) is 7.98. The standard InChI is InChI=1S/C37H38N4O4/c1-9-22(42)13-12-21-14-25-20(7)33-18(5)24(11-3)29(41-33)15-26-17(4)23(10-2)28(38-26)16-27-19(6)30-35(40-27)31(34(21)39-25)32(36(30)43)37(44)45-8/h11,14-16,32,40-41H,3,9-10,12-13H2,1-2,4-8H3/t32-/m1/s1. The highest BCUT2D eigenvalue weighted by molar-refractivity contribution is 6.24. The molecule has 0 saturated carbocycles. The fraction of sp³-hybridized carbons (Fsp3) is 0.324. The van der Waals surface area contributed by atoms with E-state index in [1.54, 1.807) is 0 Å². The largest absolute Gasteiger partial charge is 0.468 e. The van der Waals surface area contributed by atoms with Crippen molar-refractivity contribution in [3.63, 3.8) is 0 Å². The van der Waals surface area contributed by atoms with Gasteiger partial charge in [-0.25, -0.2) is 9.97 Å². The zero-order valence-corrected chi connectivity index (χ0v) is 26.9. The van der Waals surface area contributed by atoms with Gasteiger partial charge in [0.05, 0.1) is 35.4 Å². The average Bonchev–Trinajstić information content (AvgIpc) is 3.80. The number of hydrogen-bond acceptors (Lipinski definition) is 6. The average molecular weight is 603 g/mol. The molecule has 3 aromatic heterocycles. The van der Waals surface area contributed by atoms with Crippen molar-refractivity contribution in [3.05, 3.63) is 74.9 Å². The van der Waals surface area contributed by atoms with E-state index < -0.39 is 11.9 Å². The van der Waals surface area contributed by atoms with Crippen LogP contribution in [0.25, 0.3) is 50.9 Å². The summed E-state index contributed by atoms with van der Waals surface area (Å²) in [5.74, 6) is -1.99. The van der Waals surface area contributed by atoms with E-state index in [4.69, 9.17) is 14.7 Å². The molecule has 0 unspecified atom stereocenters. The molecule has 1 atom stereocenters. The van der Waals surface area contributed by atoms with Crippen molar-refractivity contribution in [2.45, 2.75) is 73.1 Å². The summed E-state index contributed by atoms with van der Waals surface area (Å²) in [6.45, 7) is 16.1. The number of esters is 1. The maximum absolute atomic E-state index is 14.0. The van der Waals surface area contributed by atoms with Gasteiger partial charge in [-0.3, -0.25) is 14.4 Å². The summed E-state index contributed by atoms with van der Waals surface area (Å²) in [6.07, 6.45) is 5.82. The van der Waals surface area contributed by atoms with E-state index in [0.717, 1.165) is 73.3 Å². The van der Waals surface area contributed by atoms with Crippen molar-refractivity contribution in [2.24, 2.45) is 0 Å². The van der Waals surface area contributed by atoms with Crippen LogP contribution in [0, 0.1) is 20.8 Å². The van der Waals surface area contributed by atoms with Crippen LogP contribution in [-0.4, -0.2) is 44.6 Å². The van der Waals surface area contributed by atoms with Crippen molar-refractivity contribution in [2.75, 3.05) is 7.11 Å². The van der Waals surface area contributed by atoms with Crippen molar-refractivity contribution < 1.29 is 19.1 Å². The molecule has 8 nitrogen and oxygen atoms in total. The smallest absolute Gasteiger partial charge is 0.321 e. The van der Waals surface area contributed by atoms with Gasteiger partial charge in [-0.2, -0.15) is 0 Å². The van der Waals surface area contributed by atoms with Crippen LogP contribution < -0.4 is 0 Å². The Bertz CT molecular complexity index is 2090. The Labute approximate surface area is 262 Å². The minimum atomic E-state index is -1.16. The van der Waals surface area contributed by atoms with Crippen LogP contribution in [0.5, 0.6) is 0 Å². The van der Waals surface area contributed by atoms with Gasteiger partial charge < -0.3 is 14.7 Å².